The Morgan fingerprint density at radius 2 is 1.79 bits per heavy atom. The van der Waals surface area contributed by atoms with Gasteiger partial charge in [-0.25, -0.2) is 0 Å². The molecule has 0 aliphatic carbocycles. The highest BCUT2D eigenvalue weighted by atomic mass is 35.5. The van der Waals surface area contributed by atoms with Gasteiger partial charge in [0, 0.05) is 24.2 Å². The third-order valence-electron chi connectivity index (χ3n) is 5.69. The molecule has 9 heteroatoms. The fraction of sp³-hybridized carbons (Fsp3) is 0.375. The van der Waals surface area contributed by atoms with Gasteiger partial charge >= 0.3 is 0 Å². The Morgan fingerprint density at radius 1 is 1.03 bits per heavy atom. The lowest BCUT2D eigenvalue weighted by Crippen LogP contribution is -2.15. The van der Waals surface area contributed by atoms with Crippen molar-refractivity contribution in [1.29, 1.82) is 0 Å². The van der Waals surface area contributed by atoms with Gasteiger partial charge in [-0.15, -0.1) is 10.2 Å². The summed E-state index contributed by atoms with van der Waals surface area (Å²) in [6.07, 6.45) is 4.42. The highest BCUT2D eigenvalue weighted by Gasteiger charge is 2.19. The van der Waals surface area contributed by atoms with Gasteiger partial charge in [-0.3, -0.25) is 4.79 Å². The number of aromatic nitrogens is 3. The SMILES string of the molecule is COc1cc(CC(=O)Nc2ccc(Cl)c(-c3nnc4n3CCCCC4)c2)cc(OC)c1OC. The third-order valence-corrected chi connectivity index (χ3v) is 6.02. The summed E-state index contributed by atoms with van der Waals surface area (Å²) < 4.78 is 18.2. The van der Waals surface area contributed by atoms with Gasteiger partial charge in [-0.2, -0.15) is 0 Å². The van der Waals surface area contributed by atoms with Crippen LogP contribution in [0.3, 0.4) is 0 Å². The number of ether oxygens (including phenoxy) is 3. The second-order valence-electron chi connectivity index (χ2n) is 7.86. The molecule has 2 aromatic carbocycles. The van der Waals surface area contributed by atoms with Gasteiger partial charge in [0.25, 0.3) is 0 Å². The fourth-order valence-electron chi connectivity index (χ4n) is 4.09. The summed E-state index contributed by atoms with van der Waals surface area (Å²) in [6, 6.07) is 8.92. The van der Waals surface area contributed by atoms with E-state index in [2.05, 4.69) is 20.1 Å². The van der Waals surface area contributed by atoms with Crippen LogP contribution >= 0.6 is 11.6 Å². The van der Waals surface area contributed by atoms with Crippen molar-refractivity contribution in [3.05, 3.63) is 46.7 Å². The van der Waals surface area contributed by atoms with Crippen molar-refractivity contribution in [2.24, 2.45) is 0 Å². The number of benzene rings is 2. The quantitative estimate of drug-likeness (QED) is 0.545. The van der Waals surface area contributed by atoms with Gasteiger partial charge in [0.05, 0.1) is 32.8 Å². The van der Waals surface area contributed by atoms with E-state index in [1.807, 2.05) is 6.07 Å². The lowest BCUT2D eigenvalue weighted by atomic mass is 10.1. The molecule has 1 N–H and O–H groups in total. The number of fused-ring (bicyclic) bond motifs is 1. The summed E-state index contributed by atoms with van der Waals surface area (Å²) in [5.74, 6) is 3.02. The molecule has 1 aliphatic rings. The molecule has 1 aliphatic heterocycles. The Hall–Kier alpha value is -3.26. The van der Waals surface area contributed by atoms with Crippen molar-refractivity contribution >= 4 is 23.2 Å². The molecule has 0 atom stereocenters. The molecule has 8 nitrogen and oxygen atoms in total. The molecule has 0 bridgehead atoms. The number of rotatable bonds is 7. The summed E-state index contributed by atoms with van der Waals surface area (Å²) in [7, 11) is 4.63. The van der Waals surface area contributed by atoms with Crippen LogP contribution in [0.25, 0.3) is 11.4 Å². The standard InChI is InChI=1S/C24H27ClN4O4/c1-31-19-11-15(12-20(32-2)23(19)33-3)13-22(30)26-16-8-9-18(25)17(14-16)24-28-27-21-7-5-4-6-10-29(21)24/h8-9,11-12,14H,4-7,10,13H2,1-3H3,(H,26,30). The van der Waals surface area contributed by atoms with Crippen LogP contribution in [-0.4, -0.2) is 42.0 Å². The number of nitrogens with one attached hydrogen (secondary N) is 1. The van der Waals surface area contributed by atoms with Crippen LogP contribution in [0, 0.1) is 0 Å². The number of carbonyl (C=O) groups excluding carboxylic acids is 1. The number of nitrogens with zero attached hydrogens (tertiary/aromatic N) is 3. The molecule has 174 valence electrons. The zero-order valence-electron chi connectivity index (χ0n) is 19.0. The predicted octanol–water partition coefficient (Wildman–Crippen LogP) is 4.53. The summed E-state index contributed by atoms with van der Waals surface area (Å²) in [5, 5.41) is 12.3. The molecule has 0 radical (unpaired) electrons. The topological polar surface area (TPSA) is 87.5 Å². The Bertz CT molecular complexity index is 1140. The summed E-state index contributed by atoms with van der Waals surface area (Å²) in [6.45, 7) is 0.867. The van der Waals surface area contributed by atoms with E-state index in [0.717, 1.165) is 48.6 Å². The minimum absolute atomic E-state index is 0.134. The van der Waals surface area contributed by atoms with E-state index in [4.69, 9.17) is 25.8 Å². The molecule has 0 unspecified atom stereocenters. The fourth-order valence-corrected chi connectivity index (χ4v) is 4.29. The summed E-state index contributed by atoms with van der Waals surface area (Å²) >= 11 is 6.50. The lowest BCUT2D eigenvalue weighted by Gasteiger charge is -2.14. The zero-order chi connectivity index (χ0) is 23.4. The maximum absolute atomic E-state index is 12.8. The minimum atomic E-state index is -0.183. The molecule has 1 amide bonds. The Morgan fingerprint density at radius 3 is 2.48 bits per heavy atom. The monoisotopic (exact) mass is 470 g/mol. The molecular weight excluding hydrogens is 444 g/mol. The second kappa shape index (κ2) is 10.1. The first-order chi connectivity index (χ1) is 16.0. The molecular formula is C24H27ClN4O4. The maximum atomic E-state index is 12.8. The van der Waals surface area contributed by atoms with Crippen LogP contribution in [0.2, 0.25) is 5.02 Å². The van der Waals surface area contributed by atoms with E-state index >= 15 is 0 Å². The number of anilines is 1. The van der Waals surface area contributed by atoms with E-state index in [0.29, 0.717) is 28.0 Å². The highest BCUT2D eigenvalue weighted by Crippen LogP contribution is 2.38. The lowest BCUT2D eigenvalue weighted by molar-refractivity contribution is -0.115. The molecule has 0 spiro atoms. The molecule has 33 heavy (non-hydrogen) atoms. The smallest absolute Gasteiger partial charge is 0.228 e. The van der Waals surface area contributed by atoms with Crippen LogP contribution in [0.4, 0.5) is 5.69 Å². The average molecular weight is 471 g/mol. The molecule has 2 heterocycles. The van der Waals surface area contributed by atoms with Crippen molar-refractivity contribution in [2.75, 3.05) is 26.6 Å². The van der Waals surface area contributed by atoms with Crippen LogP contribution in [0.5, 0.6) is 17.2 Å². The number of hydrogen-bond acceptors (Lipinski definition) is 6. The largest absolute Gasteiger partial charge is 0.493 e. The number of halogens is 1. The Labute approximate surface area is 197 Å². The Balaban J connectivity index is 1.55. The summed E-state index contributed by atoms with van der Waals surface area (Å²) in [4.78, 5) is 12.8. The first-order valence-corrected chi connectivity index (χ1v) is 11.2. The molecule has 4 rings (SSSR count). The normalized spacial score (nSPS) is 13.1. The van der Waals surface area contributed by atoms with Crippen molar-refractivity contribution in [1.82, 2.24) is 14.8 Å². The van der Waals surface area contributed by atoms with Crippen LogP contribution < -0.4 is 19.5 Å². The van der Waals surface area contributed by atoms with E-state index in [1.54, 1.807) is 45.6 Å². The van der Waals surface area contributed by atoms with Crippen molar-refractivity contribution in [2.45, 2.75) is 38.6 Å². The first kappa shape index (κ1) is 22.9. The van der Waals surface area contributed by atoms with Crippen LogP contribution in [0.15, 0.2) is 30.3 Å². The number of methoxy groups -OCH3 is 3. The minimum Gasteiger partial charge on any atom is -0.493 e. The molecule has 3 aromatic rings. The van der Waals surface area contributed by atoms with E-state index < -0.39 is 0 Å². The first-order valence-electron chi connectivity index (χ1n) is 10.8. The van der Waals surface area contributed by atoms with Gasteiger partial charge < -0.3 is 24.1 Å². The van der Waals surface area contributed by atoms with Gasteiger partial charge in [-0.05, 0) is 48.7 Å². The van der Waals surface area contributed by atoms with Crippen LogP contribution in [-0.2, 0) is 24.2 Å². The molecule has 0 saturated carbocycles. The maximum Gasteiger partial charge on any atom is 0.228 e. The molecule has 0 fully saturated rings. The van der Waals surface area contributed by atoms with Crippen molar-refractivity contribution in [3.8, 4) is 28.6 Å². The zero-order valence-corrected chi connectivity index (χ0v) is 19.7. The molecule has 0 saturated heterocycles. The number of carbonyl (C=O) groups is 1. The van der Waals surface area contributed by atoms with Gasteiger partial charge in [-0.1, -0.05) is 18.0 Å². The highest BCUT2D eigenvalue weighted by molar-refractivity contribution is 6.33. The van der Waals surface area contributed by atoms with Crippen molar-refractivity contribution in [3.63, 3.8) is 0 Å². The average Bonchev–Trinajstić information content (AvgIpc) is 3.06. The number of amides is 1. The van der Waals surface area contributed by atoms with E-state index in [-0.39, 0.29) is 12.3 Å². The van der Waals surface area contributed by atoms with E-state index in [9.17, 15) is 4.79 Å². The van der Waals surface area contributed by atoms with Crippen molar-refractivity contribution < 1.29 is 19.0 Å². The second-order valence-corrected chi connectivity index (χ2v) is 8.26. The van der Waals surface area contributed by atoms with Gasteiger partial charge in [0.1, 0.15) is 5.82 Å². The third kappa shape index (κ3) is 4.90. The molecule has 1 aromatic heterocycles. The summed E-state index contributed by atoms with van der Waals surface area (Å²) in [5.41, 5.74) is 2.12. The number of aryl methyl sites for hydroxylation is 1. The van der Waals surface area contributed by atoms with Crippen LogP contribution in [0.1, 0.15) is 30.7 Å². The van der Waals surface area contributed by atoms with Gasteiger partial charge in [0.2, 0.25) is 11.7 Å². The number of hydrogen-bond donors (Lipinski definition) is 1. The van der Waals surface area contributed by atoms with Gasteiger partial charge in [0.15, 0.2) is 17.3 Å². The Kier molecular flexibility index (Phi) is 7.03. The predicted molar refractivity (Wildman–Crippen MR) is 126 cm³/mol. The van der Waals surface area contributed by atoms with E-state index in [1.165, 1.54) is 6.42 Å².